The average molecular weight is 371 g/mol. The highest BCUT2D eigenvalue weighted by Crippen LogP contribution is 2.28. The zero-order valence-electron chi connectivity index (χ0n) is 17.1. The first-order valence-electron chi connectivity index (χ1n) is 10.6. The van der Waals surface area contributed by atoms with Crippen LogP contribution in [-0.4, -0.2) is 29.3 Å². The Labute approximate surface area is 163 Å². The maximum Gasteiger partial charge on any atom is 0.225 e. The summed E-state index contributed by atoms with van der Waals surface area (Å²) in [6, 6.07) is 8.66. The van der Waals surface area contributed by atoms with E-state index in [1.165, 1.54) is 31.2 Å². The summed E-state index contributed by atoms with van der Waals surface area (Å²) >= 11 is 0. The van der Waals surface area contributed by atoms with E-state index < -0.39 is 5.54 Å². The predicted molar refractivity (Wildman–Crippen MR) is 108 cm³/mol. The van der Waals surface area contributed by atoms with Gasteiger partial charge in [0.2, 0.25) is 11.8 Å². The Morgan fingerprint density at radius 3 is 2.30 bits per heavy atom. The van der Waals surface area contributed by atoms with E-state index in [4.69, 9.17) is 0 Å². The first-order chi connectivity index (χ1) is 12.9. The SMILES string of the molecule is Cc1ccc(C(C)(C)NC(=O)[C@H]2CCC(=O)N(C3CCCCCC3)C2)cc1. The summed E-state index contributed by atoms with van der Waals surface area (Å²) in [6.07, 6.45) is 8.29. The standard InChI is InChI=1S/C23H34N2O2/c1-17-10-13-19(14-11-17)23(2,3)24-22(27)18-12-15-21(26)25(16-18)20-8-6-4-5-7-9-20/h10-11,13-14,18,20H,4-9,12,15-16H2,1-3H3,(H,24,27)/t18-/m0/s1. The number of hydrogen-bond donors (Lipinski definition) is 1. The number of rotatable bonds is 4. The number of benzene rings is 1. The van der Waals surface area contributed by atoms with E-state index in [-0.39, 0.29) is 17.7 Å². The zero-order valence-corrected chi connectivity index (χ0v) is 17.1. The molecule has 0 unspecified atom stereocenters. The summed E-state index contributed by atoms with van der Waals surface area (Å²) < 4.78 is 0. The molecular formula is C23H34N2O2. The first-order valence-corrected chi connectivity index (χ1v) is 10.6. The average Bonchev–Trinajstić information content (AvgIpc) is 2.91. The highest BCUT2D eigenvalue weighted by atomic mass is 16.2. The van der Waals surface area contributed by atoms with Gasteiger partial charge in [0, 0.05) is 19.0 Å². The second-order valence-corrected chi connectivity index (χ2v) is 8.91. The van der Waals surface area contributed by atoms with Crippen LogP contribution in [0.1, 0.15) is 76.3 Å². The number of piperidine rings is 1. The summed E-state index contributed by atoms with van der Waals surface area (Å²) in [5.74, 6) is 0.214. The van der Waals surface area contributed by atoms with Crippen LogP contribution in [0.3, 0.4) is 0 Å². The molecule has 0 radical (unpaired) electrons. The summed E-state index contributed by atoms with van der Waals surface area (Å²) in [6.45, 7) is 6.75. The molecule has 0 spiro atoms. The van der Waals surface area contributed by atoms with Crippen molar-refractivity contribution in [2.75, 3.05) is 6.54 Å². The van der Waals surface area contributed by atoms with Crippen molar-refractivity contribution in [1.29, 1.82) is 0 Å². The number of likely N-dealkylation sites (tertiary alicyclic amines) is 1. The fourth-order valence-electron chi connectivity index (χ4n) is 4.46. The van der Waals surface area contributed by atoms with Gasteiger partial charge in [-0.1, -0.05) is 55.5 Å². The molecule has 3 rings (SSSR count). The smallest absolute Gasteiger partial charge is 0.225 e. The van der Waals surface area contributed by atoms with Crippen LogP contribution in [0.25, 0.3) is 0 Å². The molecule has 148 valence electrons. The quantitative estimate of drug-likeness (QED) is 0.803. The van der Waals surface area contributed by atoms with E-state index in [9.17, 15) is 9.59 Å². The van der Waals surface area contributed by atoms with Crippen molar-refractivity contribution in [3.63, 3.8) is 0 Å². The first kappa shape index (κ1) is 19.9. The zero-order chi connectivity index (χ0) is 19.4. The number of carbonyl (C=O) groups excluding carboxylic acids is 2. The van der Waals surface area contributed by atoms with Gasteiger partial charge in [0.05, 0.1) is 11.5 Å². The van der Waals surface area contributed by atoms with Gasteiger partial charge >= 0.3 is 0 Å². The molecule has 1 saturated heterocycles. The predicted octanol–water partition coefficient (Wildman–Crippen LogP) is 4.31. The molecule has 2 amide bonds. The Hall–Kier alpha value is -1.84. The second-order valence-electron chi connectivity index (χ2n) is 8.91. The highest BCUT2D eigenvalue weighted by molar-refractivity contribution is 5.84. The summed E-state index contributed by atoms with van der Waals surface area (Å²) in [7, 11) is 0. The van der Waals surface area contributed by atoms with E-state index >= 15 is 0 Å². The van der Waals surface area contributed by atoms with Crippen LogP contribution in [0, 0.1) is 12.8 Å². The molecule has 0 bridgehead atoms. The van der Waals surface area contributed by atoms with Crippen LogP contribution in [0.15, 0.2) is 24.3 Å². The maximum atomic E-state index is 13.0. The Morgan fingerprint density at radius 2 is 1.67 bits per heavy atom. The van der Waals surface area contributed by atoms with Crippen LogP contribution in [0.5, 0.6) is 0 Å². The third kappa shape index (κ3) is 4.91. The van der Waals surface area contributed by atoms with Crippen molar-refractivity contribution < 1.29 is 9.59 Å². The third-order valence-electron chi connectivity index (χ3n) is 6.29. The van der Waals surface area contributed by atoms with Gasteiger partial charge < -0.3 is 10.2 Å². The van der Waals surface area contributed by atoms with Crippen LogP contribution in [0.2, 0.25) is 0 Å². The van der Waals surface area contributed by atoms with E-state index in [0.717, 1.165) is 18.4 Å². The molecule has 1 atom stereocenters. The van der Waals surface area contributed by atoms with Gasteiger partial charge in [-0.3, -0.25) is 9.59 Å². The molecule has 2 aliphatic rings. The van der Waals surface area contributed by atoms with Gasteiger partial charge in [-0.25, -0.2) is 0 Å². The molecule has 27 heavy (non-hydrogen) atoms. The van der Waals surface area contributed by atoms with Crippen molar-refractivity contribution in [2.45, 2.75) is 83.7 Å². The Morgan fingerprint density at radius 1 is 1.04 bits per heavy atom. The number of nitrogens with zero attached hydrogens (tertiary/aromatic N) is 1. The molecule has 1 N–H and O–H groups in total. The lowest BCUT2D eigenvalue weighted by atomic mass is 9.90. The third-order valence-corrected chi connectivity index (χ3v) is 6.29. The fourth-order valence-corrected chi connectivity index (χ4v) is 4.46. The van der Waals surface area contributed by atoms with Crippen LogP contribution in [-0.2, 0) is 15.1 Å². The van der Waals surface area contributed by atoms with Gasteiger partial charge in [0.15, 0.2) is 0 Å². The van der Waals surface area contributed by atoms with Crippen molar-refractivity contribution in [3.8, 4) is 0 Å². The molecule has 0 aromatic heterocycles. The number of aryl methyl sites for hydroxylation is 1. The van der Waals surface area contributed by atoms with Crippen molar-refractivity contribution in [3.05, 3.63) is 35.4 Å². The summed E-state index contributed by atoms with van der Waals surface area (Å²) in [4.78, 5) is 27.5. The molecule has 1 saturated carbocycles. The van der Waals surface area contributed by atoms with Crippen LogP contribution < -0.4 is 5.32 Å². The lowest BCUT2D eigenvalue weighted by Crippen LogP contribution is -2.52. The minimum absolute atomic E-state index is 0.0756. The molecule has 1 aliphatic carbocycles. The lowest BCUT2D eigenvalue weighted by molar-refractivity contribution is -0.141. The van der Waals surface area contributed by atoms with E-state index in [0.29, 0.717) is 25.4 Å². The van der Waals surface area contributed by atoms with Gasteiger partial charge in [-0.15, -0.1) is 0 Å². The van der Waals surface area contributed by atoms with Gasteiger partial charge in [-0.05, 0) is 45.6 Å². The van der Waals surface area contributed by atoms with Crippen LogP contribution in [0.4, 0.5) is 0 Å². The lowest BCUT2D eigenvalue weighted by Gasteiger charge is -2.39. The normalized spacial score (nSPS) is 22.4. The van der Waals surface area contributed by atoms with Crippen molar-refractivity contribution in [2.24, 2.45) is 5.92 Å². The van der Waals surface area contributed by atoms with E-state index in [2.05, 4.69) is 36.5 Å². The largest absolute Gasteiger partial charge is 0.347 e. The molecule has 1 aromatic carbocycles. The van der Waals surface area contributed by atoms with Gasteiger partial charge in [0.25, 0.3) is 0 Å². The fraction of sp³-hybridized carbons (Fsp3) is 0.652. The Kier molecular flexibility index (Phi) is 6.23. The van der Waals surface area contributed by atoms with Crippen molar-refractivity contribution >= 4 is 11.8 Å². The number of amides is 2. The molecule has 2 fully saturated rings. The molecule has 1 heterocycles. The van der Waals surface area contributed by atoms with Crippen molar-refractivity contribution in [1.82, 2.24) is 10.2 Å². The number of hydrogen-bond acceptors (Lipinski definition) is 2. The topological polar surface area (TPSA) is 49.4 Å². The van der Waals surface area contributed by atoms with E-state index in [1.54, 1.807) is 0 Å². The second kappa shape index (κ2) is 8.45. The number of nitrogens with one attached hydrogen (secondary N) is 1. The maximum absolute atomic E-state index is 13.0. The van der Waals surface area contributed by atoms with Gasteiger partial charge in [-0.2, -0.15) is 0 Å². The monoisotopic (exact) mass is 370 g/mol. The molecule has 1 aromatic rings. The highest BCUT2D eigenvalue weighted by Gasteiger charge is 2.36. The summed E-state index contributed by atoms with van der Waals surface area (Å²) in [5.41, 5.74) is 1.90. The van der Waals surface area contributed by atoms with Crippen LogP contribution >= 0.6 is 0 Å². The van der Waals surface area contributed by atoms with Gasteiger partial charge in [0.1, 0.15) is 0 Å². The number of carbonyl (C=O) groups is 2. The molecular weight excluding hydrogens is 336 g/mol. The Balaban J connectivity index is 1.65. The molecule has 1 aliphatic heterocycles. The Bertz CT molecular complexity index is 657. The van der Waals surface area contributed by atoms with E-state index in [1.807, 2.05) is 18.7 Å². The summed E-state index contributed by atoms with van der Waals surface area (Å²) in [5, 5.41) is 3.24. The minimum Gasteiger partial charge on any atom is -0.347 e. The molecule has 4 nitrogen and oxygen atoms in total. The molecule has 4 heteroatoms. The minimum atomic E-state index is -0.417.